The van der Waals surface area contributed by atoms with Crippen LogP contribution < -0.4 is 10.1 Å². The Bertz CT molecular complexity index is 482. The van der Waals surface area contributed by atoms with E-state index in [1.54, 1.807) is 7.11 Å². The predicted molar refractivity (Wildman–Crippen MR) is 62.6 cm³/mol. The van der Waals surface area contributed by atoms with Crippen LogP contribution in [0, 0.1) is 6.92 Å². The van der Waals surface area contributed by atoms with Gasteiger partial charge in [-0.2, -0.15) is 0 Å². The number of ether oxygens (including phenoxy) is 1. The summed E-state index contributed by atoms with van der Waals surface area (Å²) < 4.78 is 10.0. The minimum atomic E-state index is 0.626. The maximum Gasteiger partial charge on any atom is 0.213 e. The molecule has 2 rings (SSSR count). The van der Waals surface area contributed by atoms with E-state index in [4.69, 9.17) is 9.26 Å². The molecule has 5 nitrogen and oxygen atoms in total. The Hall–Kier alpha value is -1.88. The molecule has 0 unspecified atom stereocenters. The predicted octanol–water partition coefficient (Wildman–Crippen LogP) is 1.68. The molecule has 0 saturated heterocycles. The highest BCUT2D eigenvalue weighted by Crippen LogP contribution is 2.06. The fraction of sp³-hybridized carbons (Fsp3) is 0.333. The molecule has 5 heteroatoms. The van der Waals surface area contributed by atoms with Gasteiger partial charge in [0.05, 0.1) is 18.5 Å². The van der Waals surface area contributed by atoms with E-state index < -0.39 is 0 Å². The minimum absolute atomic E-state index is 0.626. The van der Waals surface area contributed by atoms with Gasteiger partial charge in [-0.3, -0.25) is 0 Å². The van der Waals surface area contributed by atoms with Crippen LogP contribution >= 0.6 is 0 Å². The summed E-state index contributed by atoms with van der Waals surface area (Å²) in [4.78, 5) is 4.30. The summed E-state index contributed by atoms with van der Waals surface area (Å²) in [5.74, 6) is 1.45. The van der Waals surface area contributed by atoms with Gasteiger partial charge in [0.2, 0.25) is 5.88 Å². The van der Waals surface area contributed by atoms with E-state index >= 15 is 0 Å². The number of nitrogens with zero attached hydrogens (tertiary/aromatic N) is 2. The molecule has 0 spiro atoms. The summed E-state index contributed by atoms with van der Waals surface area (Å²) in [7, 11) is 1.61. The zero-order valence-electron chi connectivity index (χ0n) is 9.93. The van der Waals surface area contributed by atoms with Gasteiger partial charge in [0.15, 0.2) is 0 Å². The zero-order chi connectivity index (χ0) is 12.1. The Balaban J connectivity index is 1.85. The molecule has 90 valence electrons. The van der Waals surface area contributed by atoms with Gasteiger partial charge in [0.1, 0.15) is 5.76 Å². The third kappa shape index (κ3) is 3.29. The largest absolute Gasteiger partial charge is 0.481 e. The molecule has 17 heavy (non-hydrogen) atoms. The van der Waals surface area contributed by atoms with Crippen LogP contribution in [0.3, 0.4) is 0 Å². The lowest BCUT2D eigenvalue weighted by atomic mass is 10.3. The van der Waals surface area contributed by atoms with Crippen molar-refractivity contribution in [2.45, 2.75) is 20.0 Å². The van der Waals surface area contributed by atoms with Crippen LogP contribution in [0.5, 0.6) is 5.88 Å². The van der Waals surface area contributed by atoms with Crippen molar-refractivity contribution in [3.8, 4) is 5.88 Å². The Kier molecular flexibility index (Phi) is 3.72. The number of nitrogens with one attached hydrogen (secondary N) is 1. The van der Waals surface area contributed by atoms with Gasteiger partial charge in [-0.1, -0.05) is 11.2 Å². The molecular formula is C12H15N3O2. The highest BCUT2D eigenvalue weighted by atomic mass is 16.5. The molecule has 1 N–H and O–H groups in total. The number of pyridine rings is 1. The van der Waals surface area contributed by atoms with Crippen molar-refractivity contribution in [3.63, 3.8) is 0 Å². The molecule has 2 aromatic heterocycles. The Labute approximate surface area is 99.8 Å². The Morgan fingerprint density at radius 1 is 1.29 bits per heavy atom. The summed E-state index contributed by atoms with van der Waals surface area (Å²) in [5.41, 5.74) is 1.83. The molecule has 0 aliphatic rings. The fourth-order valence-electron chi connectivity index (χ4n) is 1.49. The maximum absolute atomic E-state index is 5.06. The van der Waals surface area contributed by atoms with E-state index in [2.05, 4.69) is 15.5 Å². The highest BCUT2D eigenvalue weighted by Gasteiger charge is 2.01. The molecule has 0 aliphatic heterocycles. The van der Waals surface area contributed by atoms with Crippen molar-refractivity contribution in [1.82, 2.24) is 15.5 Å². The molecule has 0 radical (unpaired) electrons. The molecule has 0 bridgehead atoms. The Morgan fingerprint density at radius 2 is 2.12 bits per heavy atom. The van der Waals surface area contributed by atoms with Crippen molar-refractivity contribution in [2.24, 2.45) is 0 Å². The van der Waals surface area contributed by atoms with Crippen LogP contribution in [0.15, 0.2) is 28.8 Å². The molecule has 0 amide bonds. The van der Waals surface area contributed by atoms with E-state index in [-0.39, 0.29) is 0 Å². The van der Waals surface area contributed by atoms with E-state index in [9.17, 15) is 0 Å². The van der Waals surface area contributed by atoms with Gasteiger partial charge < -0.3 is 14.6 Å². The lowest BCUT2D eigenvalue weighted by Crippen LogP contribution is -2.13. The molecule has 2 aromatic rings. The Morgan fingerprint density at radius 3 is 2.82 bits per heavy atom. The number of aryl methyl sites for hydroxylation is 1. The maximum atomic E-state index is 5.06. The first-order valence-electron chi connectivity index (χ1n) is 5.41. The van der Waals surface area contributed by atoms with Crippen molar-refractivity contribution in [1.29, 1.82) is 0 Å². The van der Waals surface area contributed by atoms with E-state index in [0.717, 1.165) is 17.1 Å². The number of methoxy groups -OCH3 is 1. The standard InChI is InChI=1S/C12H15N3O2/c1-9-6-11(15-17-9)8-13-7-10-4-3-5-12(14-10)16-2/h3-6,13H,7-8H2,1-2H3. The van der Waals surface area contributed by atoms with Crippen molar-refractivity contribution < 1.29 is 9.26 Å². The highest BCUT2D eigenvalue weighted by molar-refractivity contribution is 5.15. The quantitative estimate of drug-likeness (QED) is 0.851. The fourth-order valence-corrected chi connectivity index (χ4v) is 1.49. The molecule has 0 aliphatic carbocycles. The van der Waals surface area contributed by atoms with Crippen LogP contribution in [0.1, 0.15) is 17.1 Å². The van der Waals surface area contributed by atoms with Crippen molar-refractivity contribution >= 4 is 0 Å². The molecule has 0 saturated carbocycles. The van der Waals surface area contributed by atoms with Crippen LogP contribution in [0.25, 0.3) is 0 Å². The van der Waals surface area contributed by atoms with Gasteiger partial charge in [0.25, 0.3) is 0 Å². The minimum Gasteiger partial charge on any atom is -0.481 e. The van der Waals surface area contributed by atoms with E-state index in [0.29, 0.717) is 19.0 Å². The lowest BCUT2D eigenvalue weighted by molar-refractivity contribution is 0.387. The van der Waals surface area contributed by atoms with E-state index in [1.807, 2.05) is 31.2 Å². The number of aromatic nitrogens is 2. The summed E-state index contributed by atoms with van der Waals surface area (Å²) in [5, 5.41) is 7.14. The molecular weight excluding hydrogens is 218 g/mol. The van der Waals surface area contributed by atoms with Gasteiger partial charge in [0, 0.05) is 25.2 Å². The first-order chi connectivity index (χ1) is 8.28. The average Bonchev–Trinajstić information content (AvgIpc) is 2.75. The van der Waals surface area contributed by atoms with Crippen molar-refractivity contribution in [3.05, 3.63) is 41.4 Å². The monoisotopic (exact) mass is 233 g/mol. The lowest BCUT2D eigenvalue weighted by Gasteiger charge is -2.03. The summed E-state index contributed by atoms with van der Waals surface area (Å²) in [6.07, 6.45) is 0. The summed E-state index contributed by atoms with van der Waals surface area (Å²) >= 11 is 0. The van der Waals surface area contributed by atoms with Gasteiger partial charge in [-0.15, -0.1) is 0 Å². The number of hydrogen-bond donors (Lipinski definition) is 1. The molecule has 0 atom stereocenters. The molecule has 0 fully saturated rings. The average molecular weight is 233 g/mol. The normalized spacial score (nSPS) is 10.5. The number of rotatable bonds is 5. The van der Waals surface area contributed by atoms with Gasteiger partial charge in [-0.25, -0.2) is 4.98 Å². The third-order valence-electron chi connectivity index (χ3n) is 2.28. The van der Waals surface area contributed by atoms with Crippen LogP contribution in [0.4, 0.5) is 0 Å². The van der Waals surface area contributed by atoms with E-state index in [1.165, 1.54) is 0 Å². The summed E-state index contributed by atoms with van der Waals surface area (Å²) in [6, 6.07) is 7.60. The smallest absolute Gasteiger partial charge is 0.213 e. The van der Waals surface area contributed by atoms with Crippen molar-refractivity contribution in [2.75, 3.05) is 7.11 Å². The first-order valence-corrected chi connectivity index (χ1v) is 5.41. The second kappa shape index (κ2) is 5.45. The van der Waals surface area contributed by atoms with Gasteiger partial charge >= 0.3 is 0 Å². The topological polar surface area (TPSA) is 60.2 Å². The third-order valence-corrected chi connectivity index (χ3v) is 2.28. The molecule has 2 heterocycles. The van der Waals surface area contributed by atoms with Crippen LogP contribution in [0.2, 0.25) is 0 Å². The molecule has 0 aromatic carbocycles. The van der Waals surface area contributed by atoms with Crippen LogP contribution in [-0.4, -0.2) is 17.3 Å². The zero-order valence-corrected chi connectivity index (χ0v) is 9.93. The SMILES string of the molecule is COc1cccc(CNCc2cc(C)on2)n1. The summed E-state index contributed by atoms with van der Waals surface area (Å²) in [6.45, 7) is 3.21. The van der Waals surface area contributed by atoms with Crippen LogP contribution in [-0.2, 0) is 13.1 Å². The second-order valence-corrected chi connectivity index (χ2v) is 3.70. The van der Waals surface area contributed by atoms with Gasteiger partial charge in [-0.05, 0) is 13.0 Å². The first kappa shape index (κ1) is 11.6. The second-order valence-electron chi connectivity index (χ2n) is 3.70. The number of hydrogen-bond acceptors (Lipinski definition) is 5.